The van der Waals surface area contributed by atoms with Gasteiger partial charge in [0.1, 0.15) is 5.82 Å². The van der Waals surface area contributed by atoms with E-state index < -0.39 is 0 Å². The number of benzene rings is 1. The molecule has 1 aromatic carbocycles. The lowest BCUT2D eigenvalue weighted by molar-refractivity contribution is -0.121. The van der Waals surface area contributed by atoms with Crippen LogP contribution in [0.15, 0.2) is 22.7 Å². The maximum atomic E-state index is 13.5. The number of carbonyl (C=O) groups excluding carboxylic acids is 1. The first kappa shape index (κ1) is 14.5. The van der Waals surface area contributed by atoms with Gasteiger partial charge in [-0.15, -0.1) is 0 Å². The van der Waals surface area contributed by atoms with Gasteiger partial charge in [0.25, 0.3) is 0 Å². The summed E-state index contributed by atoms with van der Waals surface area (Å²) in [6.45, 7) is 0. The summed E-state index contributed by atoms with van der Waals surface area (Å²) in [6, 6.07) is 4.69. The van der Waals surface area contributed by atoms with E-state index in [1.807, 2.05) is 0 Å². The second-order valence-corrected chi connectivity index (χ2v) is 5.90. The molecule has 1 amide bonds. The van der Waals surface area contributed by atoms with Gasteiger partial charge in [0.15, 0.2) is 0 Å². The molecule has 1 aromatic rings. The predicted molar refractivity (Wildman–Crippen MR) is 74.2 cm³/mol. The second kappa shape index (κ2) is 6.48. The fraction of sp³-hybridized carbons (Fsp3) is 0.500. The molecule has 1 aliphatic carbocycles. The minimum atomic E-state index is -0.364. The van der Waals surface area contributed by atoms with Crippen molar-refractivity contribution in [1.82, 2.24) is 5.32 Å². The van der Waals surface area contributed by atoms with Crippen molar-refractivity contribution >= 4 is 21.8 Å². The molecule has 19 heavy (non-hydrogen) atoms. The van der Waals surface area contributed by atoms with Gasteiger partial charge in [-0.05, 0) is 49.4 Å². The van der Waals surface area contributed by atoms with E-state index in [-0.39, 0.29) is 30.3 Å². The minimum absolute atomic E-state index is 0.0460. The highest BCUT2D eigenvalue weighted by molar-refractivity contribution is 9.10. The first-order valence-corrected chi connectivity index (χ1v) is 7.25. The fourth-order valence-corrected chi connectivity index (χ4v) is 2.76. The lowest BCUT2D eigenvalue weighted by Gasteiger charge is -2.26. The molecule has 0 unspecified atom stereocenters. The zero-order valence-electron chi connectivity index (χ0n) is 10.5. The second-order valence-electron chi connectivity index (χ2n) is 4.99. The maximum Gasteiger partial charge on any atom is 0.224 e. The molecule has 104 valence electrons. The van der Waals surface area contributed by atoms with E-state index in [4.69, 9.17) is 0 Å². The number of nitrogens with one attached hydrogen (secondary N) is 1. The molecule has 0 spiro atoms. The van der Waals surface area contributed by atoms with Crippen molar-refractivity contribution < 1.29 is 14.3 Å². The summed E-state index contributed by atoms with van der Waals surface area (Å²) in [5, 5.41) is 12.3. The van der Waals surface area contributed by atoms with Gasteiger partial charge in [-0.2, -0.15) is 0 Å². The molecule has 0 atom stereocenters. The summed E-state index contributed by atoms with van der Waals surface area (Å²) in [5.74, 6) is -0.532. The normalized spacial score (nSPS) is 23.1. The third kappa shape index (κ3) is 4.28. The summed E-state index contributed by atoms with van der Waals surface area (Å²) in [4.78, 5) is 11.9. The average molecular weight is 330 g/mol. The molecule has 0 bridgehead atoms. The molecule has 0 aromatic heterocycles. The van der Waals surface area contributed by atoms with Crippen molar-refractivity contribution in [3.63, 3.8) is 0 Å². The van der Waals surface area contributed by atoms with Crippen molar-refractivity contribution in [3.05, 3.63) is 34.1 Å². The quantitative estimate of drug-likeness (QED) is 0.895. The van der Waals surface area contributed by atoms with Gasteiger partial charge in [-0.3, -0.25) is 4.79 Å². The van der Waals surface area contributed by atoms with E-state index in [0.29, 0.717) is 5.56 Å². The number of carbonyl (C=O) groups is 1. The number of hydrogen-bond donors (Lipinski definition) is 2. The van der Waals surface area contributed by atoms with Crippen molar-refractivity contribution in [1.29, 1.82) is 0 Å². The molecule has 1 saturated carbocycles. The number of rotatable bonds is 3. The number of aliphatic hydroxyl groups excluding tert-OH is 1. The first-order chi connectivity index (χ1) is 9.04. The molecule has 2 rings (SSSR count). The van der Waals surface area contributed by atoms with Gasteiger partial charge >= 0.3 is 0 Å². The average Bonchev–Trinajstić information content (AvgIpc) is 2.37. The minimum Gasteiger partial charge on any atom is -0.393 e. The Kier molecular flexibility index (Phi) is 4.93. The Hall–Kier alpha value is -0.940. The summed E-state index contributed by atoms with van der Waals surface area (Å²) in [7, 11) is 0. The van der Waals surface area contributed by atoms with Crippen LogP contribution in [0.1, 0.15) is 31.2 Å². The highest BCUT2D eigenvalue weighted by atomic mass is 79.9. The SMILES string of the molecule is O=C(Cc1cc(Br)ccc1F)NC1CCC(O)CC1. The molecule has 5 heteroatoms. The number of halogens is 2. The van der Waals surface area contributed by atoms with Crippen LogP contribution in [-0.2, 0) is 11.2 Å². The van der Waals surface area contributed by atoms with Crippen molar-refractivity contribution in [2.75, 3.05) is 0 Å². The van der Waals surface area contributed by atoms with Gasteiger partial charge in [-0.1, -0.05) is 15.9 Å². The Labute approximate surface area is 120 Å². The molecule has 2 N–H and O–H groups in total. The third-order valence-electron chi connectivity index (χ3n) is 3.42. The van der Waals surface area contributed by atoms with Crippen LogP contribution in [0.25, 0.3) is 0 Å². The molecule has 3 nitrogen and oxygen atoms in total. The van der Waals surface area contributed by atoms with Gasteiger partial charge in [0.2, 0.25) is 5.91 Å². The van der Waals surface area contributed by atoms with E-state index >= 15 is 0 Å². The van der Waals surface area contributed by atoms with Crippen LogP contribution >= 0.6 is 15.9 Å². The summed E-state index contributed by atoms with van der Waals surface area (Å²) >= 11 is 3.27. The summed E-state index contributed by atoms with van der Waals surface area (Å²) in [5.41, 5.74) is 0.391. The molecular formula is C14H17BrFNO2. The maximum absolute atomic E-state index is 13.5. The smallest absolute Gasteiger partial charge is 0.224 e. The standard InChI is InChI=1S/C14H17BrFNO2/c15-10-1-6-13(16)9(7-10)8-14(19)17-11-2-4-12(18)5-3-11/h1,6-7,11-12,18H,2-5,8H2,(H,17,19). The summed E-state index contributed by atoms with van der Waals surface area (Å²) < 4.78 is 14.3. The van der Waals surface area contributed by atoms with Gasteiger partial charge in [0, 0.05) is 10.5 Å². The van der Waals surface area contributed by atoms with Gasteiger partial charge < -0.3 is 10.4 Å². The molecule has 0 heterocycles. The van der Waals surface area contributed by atoms with E-state index in [2.05, 4.69) is 21.2 Å². The number of amides is 1. The van der Waals surface area contributed by atoms with Crippen molar-refractivity contribution in [2.24, 2.45) is 0 Å². The van der Waals surface area contributed by atoms with Crippen LogP contribution in [0, 0.1) is 5.82 Å². The summed E-state index contributed by atoms with van der Waals surface area (Å²) in [6.07, 6.45) is 2.81. The highest BCUT2D eigenvalue weighted by Crippen LogP contribution is 2.19. The predicted octanol–water partition coefficient (Wildman–Crippen LogP) is 2.55. The largest absolute Gasteiger partial charge is 0.393 e. The monoisotopic (exact) mass is 329 g/mol. The van der Waals surface area contributed by atoms with E-state index in [0.717, 1.165) is 30.2 Å². The molecule has 0 saturated heterocycles. The first-order valence-electron chi connectivity index (χ1n) is 6.46. The molecule has 1 fully saturated rings. The zero-order valence-corrected chi connectivity index (χ0v) is 12.1. The number of aliphatic hydroxyl groups is 1. The van der Waals surface area contributed by atoms with Gasteiger partial charge in [0.05, 0.1) is 12.5 Å². The highest BCUT2D eigenvalue weighted by Gasteiger charge is 2.21. The topological polar surface area (TPSA) is 49.3 Å². The number of hydrogen-bond acceptors (Lipinski definition) is 2. The van der Waals surface area contributed by atoms with E-state index in [1.54, 1.807) is 12.1 Å². The Bertz CT molecular complexity index is 459. The Morgan fingerprint density at radius 3 is 2.74 bits per heavy atom. The lowest BCUT2D eigenvalue weighted by Crippen LogP contribution is -2.39. The van der Waals surface area contributed by atoms with Crippen LogP contribution < -0.4 is 5.32 Å². The van der Waals surface area contributed by atoms with Crippen LogP contribution in [0.3, 0.4) is 0 Å². The fourth-order valence-electron chi connectivity index (χ4n) is 2.35. The van der Waals surface area contributed by atoms with Crippen LogP contribution in [0.5, 0.6) is 0 Å². The van der Waals surface area contributed by atoms with Crippen LogP contribution in [0.4, 0.5) is 4.39 Å². The Morgan fingerprint density at radius 2 is 2.05 bits per heavy atom. The molecule has 0 aliphatic heterocycles. The van der Waals surface area contributed by atoms with Crippen LogP contribution in [-0.4, -0.2) is 23.2 Å². The Balaban J connectivity index is 1.89. The Morgan fingerprint density at radius 1 is 1.37 bits per heavy atom. The van der Waals surface area contributed by atoms with Crippen molar-refractivity contribution in [3.8, 4) is 0 Å². The molecule has 1 aliphatic rings. The van der Waals surface area contributed by atoms with E-state index in [9.17, 15) is 14.3 Å². The third-order valence-corrected chi connectivity index (χ3v) is 3.91. The van der Waals surface area contributed by atoms with Crippen molar-refractivity contribution in [2.45, 2.75) is 44.2 Å². The lowest BCUT2D eigenvalue weighted by atomic mass is 9.93. The van der Waals surface area contributed by atoms with Gasteiger partial charge in [-0.25, -0.2) is 4.39 Å². The van der Waals surface area contributed by atoms with E-state index in [1.165, 1.54) is 6.07 Å². The molecular weight excluding hydrogens is 313 g/mol. The van der Waals surface area contributed by atoms with Crippen LogP contribution in [0.2, 0.25) is 0 Å². The zero-order chi connectivity index (χ0) is 13.8. The molecule has 0 radical (unpaired) electrons.